The zero-order chi connectivity index (χ0) is 19.7. The van der Waals surface area contributed by atoms with Crippen LogP contribution in [0, 0.1) is 10.1 Å². The first-order valence-corrected chi connectivity index (χ1v) is 8.88. The second-order valence-electron chi connectivity index (χ2n) is 5.72. The molecule has 0 bridgehead atoms. The van der Waals surface area contributed by atoms with Gasteiger partial charge in [0.05, 0.1) is 19.0 Å². The van der Waals surface area contributed by atoms with Crippen molar-refractivity contribution < 1.29 is 22.7 Å². The van der Waals surface area contributed by atoms with Crippen LogP contribution in [0.15, 0.2) is 42.5 Å². The van der Waals surface area contributed by atoms with Gasteiger partial charge in [-0.25, -0.2) is 4.55 Å². The van der Waals surface area contributed by atoms with Gasteiger partial charge >= 0.3 is 10.3 Å². The van der Waals surface area contributed by atoms with Gasteiger partial charge in [0.15, 0.2) is 5.69 Å². The highest BCUT2D eigenvalue weighted by Gasteiger charge is 2.37. The molecule has 0 unspecified atom stereocenters. The SMILES string of the molecule is C[N+](C)(c1cc(Cl)ccc1C(=O)Nc1ccc([N+](=O)[O-])cc1)S(=O)(=O)O. The molecule has 1 amide bonds. The van der Waals surface area contributed by atoms with Crippen molar-refractivity contribution in [3.8, 4) is 0 Å². The fraction of sp³-hybridized carbons (Fsp3) is 0.133. The van der Waals surface area contributed by atoms with Crippen molar-refractivity contribution in [1.82, 2.24) is 3.89 Å². The molecule has 0 aromatic heterocycles. The first kappa shape index (κ1) is 19.8. The Morgan fingerprint density at radius 1 is 1.19 bits per heavy atom. The molecule has 9 nitrogen and oxygen atoms in total. The summed E-state index contributed by atoms with van der Waals surface area (Å²) in [4.78, 5) is 22.6. The zero-order valence-electron chi connectivity index (χ0n) is 13.7. The number of hydrogen-bond donors (Lipinski definition) is 2. The Kier molecular flexibility index (Phi) is 5.33. The van der Waals surface area contributed by atoms with Gasteiger partial charge in [-0.2, -0.15) is 3.89 Å². The molecule has 0 aliphatic rings. The molecular weight excluding hydrogens is 386 g/mol. The number of non-ortho nitro benzene ring substituents is 1. The third-order valence-electron chi connectivity index (χ3n) is 3.70. The van der Waals surface area contributed by atoms with E-state index < -0.39 is 25.0 Å². The first-order valence-electron chi connectivity index (χ1n) is 7.11. The van der Waals surface area contributed by atoms with Gasteiger partial charge in [-0.1, -0.05) is 11.6 Å². The molecule has 2 rings (SSSR count). The predicted molar refractivity (Wildman–Crippen MR) is 97.7 cm³/mol. The molecule has 0 saturated carbocycles. The molecular formula is C15H15ClN3O6S+. The topological polar surface area (TPSA) is 127 Å². The number of benzene rings is 2. The molecule has 0 spiro atoms. The molecule has 0 fully saturated rings. The quantitative estimate of drug-likeness (QED) is 0.344. The summed E-state index contributed by atoms with van der Waals surface area (Å²) in [6.07, 6.45) is 0. The monoisotopic (exact) mass is 400 g/mol. The van der Waals surface area contributed by atoms with E-state index in [0.717, 1.165) is 0 Å². The smallest absolute Gasteiger partial charge is 0.322 e. The number of rotatable bonds is 5. The summed E-state index contributed by atoms with van der Waals surface area (Å²) in [5, 5.41) is 13.4. The van der Waals surface area contributed by atoms with E-state index in [9.17, 15) is 27.9 Å². The van der Waals surface area contributed by atoms with Crippen LogP contribution in [0.1, 0.15) is 10.4 Å². The van der Waals surface area contributed by atoms with Crippen LogP contribution in [-0.4, -0.2) is 37.9 Å². The van der Waals surface area contributed by atoms with Crippen molar-refractivity contribution in [2.75, 3.05) is 19.4 Å². The van der Waals surface area contributed by atoms with Crippen LogP contribution >= 0.6 is 11.6 Å². The zero-order valence-corrected chi connectivity index (χ0v) is 15.3. The predicted octanol–water partition coefficient (Wildman–Crippen LogP) is 2.87. The van der Waals surface area contributed by atoms with Crippen LogP contribution in [0.2, 0.25) is 5.02 Å². The van der Waals surface area contributed by atoms with Gasteiger partial charge in [0.25, 0.3) is 11.6 Å². The highest BCUT2D eigenvalue weighted by atomic mass is 35.5. The van der Waals surface area contributed by atoms with E-state index in [1.54, 1.807) is 0 Å². The van der Waals surface area contributed by atoms with Crippen LogP contribution in [0.3, 0.4) is 0 Å². The van der Waals surface area contributed by atoms with Gasteiger partial charge in [-0.05, 0) is 24.3 Å². The van der Waals surface area contributed by atoms with Crippen LogP contribution in [0.25, 0.3) is 0 Å². The summed E-state index contributed by atoms with van der Waals surface area (Å²) < 4.78 is 31.8. The van der Waals surface area contributed by atoms with E-state index >= 15 is 0 Å². The van der Waals surface area contributed by atoms with E-state index in [0.29, 0.717) is 0 Å². The molecule has 2 N–H and O–H groups in total. The molecule has 11 heteroatoms. The van der Waals surface area contributed by atoms with E-state index in [-0.39, 0.29) is 27.6 Å². The van der Waals surface area contributed by atoms with Gasteiger partial charge in [-0.15, -0.1) is 8.42 Å². The number of halogens is 1. The normalized spacial score (nSPS) is 11.8. The number of nitrogens with one attached hydrogen (secondary N) is 1. The third kappa shape index (κ3) is 3.99. The maximum absolute atomic E-state index is 12.6. The largest absolute Gasteiger partial charge is 0.437 e. The Morgan fingerprint density at radius 2 is 1.77 bits per heavy atom. The Hall–Kier alpha value is -2.53. The number of nitro benzene ring substituents is 1. The number of quaternary nitrogens is 1. The lowest BCUT2D eigenvalue weighted by Crippen LogP contribution is -2.47. The maximum atomic E-state index is 12.6. The number of hydrogen-bond acceptors (Lipinski definition) is 5. The average molecular weight is 401 g/mol. The highest BCUT2D eigenvalue weighted by molar-refractivity contribution is 7.85. The molecule has 0 aliphatic heterocycles. The van der Waals surface area contributed by atoms with Crippen molar-refractivity contribution >= 4 is 44.9 Å². The number of carbonyl (C=O) groups is 1. The van der Waals surface area contributed by atoms with Crippen LogP contribution in [0.5, 0.6) is 0 Å². The minimum Gasteiger partial charge on any atom is -0.322 e. The minimum atomic E-state index is -4.59. The molecule has 2 aromatic carbocycles. The van der Waals surface area contributed by atoms with E-state index in [4.69, 9.17) is 11.6 Å². The summed E-state index contributed by atoms with van der Waals surface area (Å²) >= 11 is 5.90. The Morgan fingerprint density at radius 3 is 2.27 bits per heavy atom. The van der Waals surface area contributed by atoms with Gasteiger partial charge in [0, 0.05) is 28.9 Å². The van der Waals surface area contributed by atoms with Crippen LogP contribution < -0.4 is 9.21 Å². The van der Waals surface area contributed by atoms with Crippen LogP contribution in [0.4, 0.5) is 17.1 Å². The van der Waals surface area contributed by atoms with E-state index in [1.807, 2.05) is 0 Å². The fourth-order valence-corrected chi connectivity index (χ4v) is 2.70. The first-order chi connectivity index (χ1) is 11.9. The number of anilines is 1. The third-order valence-corrected chi connectivity index (χ3v) is 5.28. The van der Waals surface area contributed by atoms with E-state index in [2.05, 4.69) is 5.32 Å². The molecule has 26 heavy (non-hydrogen) atoms. The minimum absolute atomic E-state index is 0.0321. The Labute approximate surface area is 154 Å². The van der Waals surface area contributed by atoms with Crippen molar-refractivity contribution in [3.05, 3.63) is 63.2 Å². The summed E-state index contributed by atoms with van der Waals surface area (Å²) in [7, 11) is -2.22. The molecule has 0 heterocycles. The molecule has 0 aliphatic carbocycles. The number of amides is 1. The lowest BCUT2D eigenvalue weighted by atomic mass is 10.1. The molecule has 0 radical (unpaired) electrons. The summed E-state index contributed by atoms with van der Waals surface area (Å²) in [6.45, 7) is 0. The Balaban J connectivity index is 2.42. The number of nitro groups is 1. The van der Waals surface area contributed by atoms with Crippen molar-refractivity contribution in [2.24, 2.45) is 0 Å². The summed E-state index contributed by atoms with van der Waals surface area (Å²) in [5.74, 6) is -0.666. The summed E-state index contributed by atoms with van der Waals surface area (Å²) in [5.41, 5.74) is 0.0628. The van der Waals surface area contributed by atoms with Crippen molar-refractivity contribution in [2.45, 2.75) is 0 Å². The lowest BCUT2D eigenvalue weighted by Gasteiger charge is -2.26. The second-order valence-corrected chi connectivity index (χ2v) is 7.96. The number of carbonyl (C=O) groups excluding carboxylic acids is 1. The molecule has 138 valence electrons. The standard InChI is InChI=1S/C15H14ClN3O6S/c1-19(2,26(23,24)25)14-9-10(16)3-8-13(14)15(20)17-11-4-6-12(7-5-11)18(21)22/h3-9H,1-2H3,(H-,17,20,23,24,25)/p+1. The van der Waals surface area contributed by atoms with Crippen molar-refractivity contribution in [3.63, 3.8) is 0 Å². The Bertz CT molecular complexity index is 973. The summed E-state index contributed by atoms with van der Waals surface area (Å²) in [6, 6.07) is 9.11. The molecule has 2 aromatic rings. The fourth-order valence-electron chi connectivity index (χ4n) is 2.13. The van der Waals surface area contributed by atoms with Gasteiger partial charge < -0.3 is 5.32 Å². The molecule has 0 atom stereocenters. The van der Waals surface area contributed by atoms with Gasteiger partial charge in [-0.3, -0.25) is 14.9 Å². The van der Waals surface area contributed by atoms with Crippen LogP contribution in [-0.2, 0) is 10.3 Å². The molecule has 0 saturated heterocycles. The van der Waals surface area contributed by atoms with Gasteiger partial charge in [0.1, 0.15) is 5.56 Å². The van der Waals surface area contributed by atoms with Gasteiger partial charge in [0.2, 0.25) is 0 Å². The number of nitrogens with zero attached hydrogens (tertiary/aromatic N) is 2. The van der Waals surface area contributed by atoms with E-state index in [1.165, 1.54) is 56.6 Å². The maximum Gasteiger partial charge on any atom is 0.437 e. The average Bonchev–Trinajstić information content (AvgIpc) is 2.54. The second kappa shape index (κ2) is 7.00. The highest BCUT2D eigenvalue weighted by Crippen LogP contribution is 2.31. The van der Waals surface area contributed by atoms with Crippen molar-refractivity contribution in [1.29, 1.82) is 0 Å². The lowest BCUT2D eigenvalue weighted by molar-refractivity contribution is -0.384.